The number of rotatable bonds is 4. The summed E-state index contributed by atoms with van der Waals surface area (Å²) >= 11 is 0. The number of anilines is 3. The molecule has 0 radical (unpaired) electrons. The fraction of sp³-hybridized carbons (Fsp3) is 0.312. The molecule has 0 amide bonds. The molecule has 0 saturated carbocycles. The third kappa shape index (κ3) is 3.13. The summed E-state index contributed by atoms with van der Waals surface area (Å²) in [4.78, 5) is 16.2. The van der Waals surface area contributed by atoms with E-state index >= 15 is 0 Å². The van der Waals surface area contributed by atoms with E-state index in [-0.39, 0.29) is 5.82 Å². The van der Waals surface area contributed by atoms with Crippen molar-refractivity contribution in [1.29, 1.82) is 0 Å². The molecular formula is C16H17FN6O. The first kappa shape index (κ1) is 14.8. The van der Waals surface area contributed by atoms with Gasteiger partial charge in [-0.25, -0.2) is 9.37 Å². The van der Waals surface area contributed by atoms with Crippen molar-refractivity contribution in [3.63, 3.8) is 0 Å². The van der Waals surface area contributed by atoms with Crippen LogP contribution in [0.15, 0.2) is 30.6 Å². The van der Waals surface area contributed by atoms with Crippen molar-refractivity contribution in [2.24, 2.45) is 0 Å². The van der Waals surface area contributed by atoms with Gasteiger partial charge in [0.25, 0.3) is 0 Å². The molecule has 1 aliphatic rings. The maximum Gasteiger partial charge on any atom is 0.231 e. The topological polar surface area (TPSA) is 87.8 Å². The Morgan fingerprint density at radius 3 is 2.71 bits per heavy atom. The van der Waals surface area contributed by atoms with Gasteiger partial charge in [-0.1, -0.05) is 0 Å². The van der Waals surface area contributed by atoms with Crippen LogP contribution in [0.1, 0.15) is 12.8 Å². The molecule has 24 heavy (non-hydrogen) atoms. The highest BCUT2D eigenvalue weighted by molar-refractivity contribution is 5.84. The monoisotopic (exact) mass is 328 g/mol. The Kier molecular flexibility index (Phi) is 3.96. The molecule has 7 nitrogen and oxygen atoms in total. The maximum atomic E-state index is 13.0. The summed E-state index contributed by atoms with van der Waals surface area (Å²) in [7, 11) is 0. The number of hydrogen-bond acceptors (Lipinski definition) is 6. The van der Waals surface area contributed by atoms with E-state index in [1.54, 1.807) is 18.5 Å². The summed E-state index contributed by atoms with van der Waals surface area (Å²) in [6.07, 6.45) is 3.46. The highest BCUT2D eigenvalue weighted by atomic mass is 19.1. The van der Waals surface area contributed by atoms with E-state index in [4.69, 9.17) is 4.74 Å². The molecule has 0 atom stereocenters. The molecule has 1 fully saturated rings. The van der Waals surface area contributed by atoms with E-state index in [0.29, 0.717) is 29.1 Å². The fourth-order valence-corrected chi connectivity index (χ4v) is 2.69. The number of nitrogens with one attached hydrogen (secondary N) is 3. The van der Waals surface area contributed by atoms with Crippen LogP contribution in [-0.2, 0) is 4.74 Å². The Labute approximate surface area is 137 Å². The van der Waals surface area contributed by atoms with Crippen LogP contribution in [0.5, 0.6) is 0 Å². The molecule has 1 aromatic carbocycles. The van der Waals surface area contributed by atoms with E-state index in [2.05, 4.69) is 30.6 Å². The van der Waals surface area contributed by atoms with Crippen LogP contribution >= 0.6 is 0 Å². The Hall–Kier alpha value is -2.74. The summed E-state index contributed by atoms with van der Waals surface area (Å²) < 4.78 is 18.4. The minimum absolute atomic E-state index is 0.286. The lowest BCUT2D eigenvalue weighted by Gasteiger charge is -2.23. The number of aromatic amines is 1. The fourth-order valence-electron chi connectivity index (χ4n) is 2.69. The molecule has 0 bridgehead atoms. The van der Waals surface area contributed by atoms with Crippen molar-refractivity contribution < 1.29 is 9.13 Å². The van der Waals surface area contributed by atoms with Crippen LogP contribution in [0, 0.1) is 5.82 Å². The van der Waals surface area contributed by atoms with E-state index in [1.807, 2.05) is 0 Å². The number of H-pyrrole nitrogens is 1. The predicted molar refractivity (Wildman–Crippen MR) is 88.8 cm³/mol. The minimum atomic E-state index is -0.286. The molecule has 0 spiro atoms. The van der Waals surface area contributed by atoms with Gasteiger partial charge in [-0.2, -0.15) is 9.97 Å². The largest absolute Gasteiger partial charge is 0.381 e. The summed E-state index contributed by atoms with van der Waals surface area (Å²) in [5.74, 6) is 0.830. The number of fused-ring (bicyclic) bond motifs is 1. The number of nitrogens with zero attached hydrogens (tertiary/aromatic N) is 3. The van der Waals surface area contributed by atoms with Gasteiger partial charge in [0.15, 0.2) is 11.5 Å². The summed E-state index contributed by atoms with van der Waals surface area (Å²) in [6.45, 7) is 1.49. The number of benzene rings is 1. The summed E-state index contributed by atoms with van der Waals surface area (Å²) in [6, 6.07) is 6.35. The van der Waals surface area contributed by atoms with Gasteiger partial charge in [-0.3, -0.25) is 0 Å². The summed E-state index contributed by atoms with van der Waals surface area (Å²) in [5.41, 5.74) is 2.05. The molecule has 2 aromatic heterocycles. The van der Waals surface area contributed by atoms with Crippen LogP contribution in [0.25, 0.3) is 11.2 Å². The van der Waals surface area contributed by atoms with Gasteiger partial charge in [-0.15, -0.1) is 0 Å². The molecule has 124 valence electrons. The van der Waals surface area contributed by atoms with Crippen LogP contribution < -0.4 is 10.6 Å². The van der Waals surface area contributed by atoms with Crippen molar-refractivity contribution in [2.45, 2.75) is 18.9 Å². The van der Waals surface area contributed by atoms with Gasteiger partial charge in [0.05, 0.1) is 6.33 Å². The van der Waals surface area contributed by atoms with Gasteiger partial charge in [0.2, 0.25) is 5.95 Å². The average Bonchev–Trinajstić information content (AvgIpc) is 3.07. The van der Waals surface area contributed by atoms with Crippen LogP contribution in [0.4, 0.5) is 21.8 Å². The first-order valence-corrected chi connectivity index (χ1v) is 7.86. The van der Waals surface area contributed by atoms with E-state index in [9.17, 15) is 4.39 Å². The first-order chi connectivity index (χ1) is 11.8. The third-order valence-electron chi connectivity index (χ3n) is 3.95. The quantitative estimate of drug-likeness (QED) is 0.682. The zero-order valence-corrected chi connectivity index (χ0v) is 12.9. The number of ether oxygens (including phenoxy) is 1. The highest BCUT2D eigenvalue weighted by Gasteiger charge is 2.17. The Morgan fingerprint density at radius 2 is 1.92 bits per heavy atom. The van der Waals surface area contributed by atoms with Crippen LogP contribution in [0.3, 0.4) is 0 Å². The molecule has 0 aliphatic carbocycles. The van der Waals surface area contributed by atoms with E-state index in [0.717, 1.165) is 31.6 Å². The van der Waals surface area contributed by atoms with Gasteiger partial charge in [0.1, 0.15) is 11.3 Å². The second kappa shape index (κ2) is 6.40. The predicted octanol–water partition coefficient (Wildman–Crippen LogP) is 2.83. The molecule has 3 heterocycles. The van der Waals surface area contributed by atoms with Crippen molar-refractivity contribution in [2.75, 3.05) is 23.8 Å². The van der Waals surface area contributed by atoms with E-state index in [1.165, 1.54) is 12.1 Å². The van der Waals surface area contributed by atoms with Gasteiger partial charge in [-0.05, 0) is 37.1 Å². The molecule has 4 rings (SSSR count). The van der Waals surface area contributed by atoms with Crippen LogP contribution in [0.2, 0.25) is 0 Å². The van der Waals surface area contributed by atoms with Crippen molar-refractivity contribution in [1.82, 2.24) is 19.9 Å². The summed E-state index contributed by atoms with van der Waals surface area (Å²) in [5, 5.41) is 6.53. The third-order valence-corrected chi connectivity index (χ3v) is 3.95. The molecule has 3 N–H and O–H groups in total. The molecule has 1 aliphatic heterocycles. The van der Waals surface area contributed by atoms with Crippen molar-refractivity contribution in [3.8, 4) is 0 Å². The second-order valence-electron chi connectivity index (χ2n) is 5.66. The SMILES string of the molecule is Fc1ccc(Nc2nc(NC3CCOCC3)c3[nH]cnc3n2)cc1. The van der Waals surface area contributed by atoms with Crippen molar-refractivity contribution in [3.05, 3.63) is 36.4 Å². The smallest absolute Gasteiger partial charge is 0.231 e. The first-order valence-electron chi connectivity index (χ1n) is 7.86. The molecule has 8 heteroatoms. The Bertz CT molecular complexity index is 828. The molecule has 1 saturated heterocycles. The zero-order valence-electron chi connectivity index (χ0n) is 12.9. The number of halogens is 1. The number of imidazole rings is 1. The Balaban J connectivity index is 1.62. The molecular weight excluding hydrogens is 311 g/mol. The normalized spacial score (nSPS) is 15.5. The average molecular weight is 328 g/mol. The Morgan fingerprint density at radius 1 is 1.12 bits per heavy atom. The lowest BCUT2D eigenvalue weighted by Crippen LogP contribution is -2.28. The molecule has 0 unspecified atom stereocenters. The van der Waals surface area contributed by atoms with Gasteiger partial charge in [0, 0.05) is 24.9 Å². The standard InChI is InChI=1S/C16H17FN6O/c17-10-1-3-11(4-2-10)21-16-22-14-13(18-9-19-14)15(23-16)20-12-5-7-24-8-6-12/h1-4,9,12H,5-8H2,(H3,18,19,20,21,22,23). The van der Waals surface area contributed by atoms with Crippen LogP contribution in [-0.4, -0.2) is 39.2 Å². The lowest BCUT2D eigenvalue weighted by atomic mass is 10.1. The highest BCUT2D eigenvalue weighted by Crippen LogP contribution is 2.23. The minimum Gasteiger partial charge on any atom is -0.381 e. The number of hydrogen-bond donors (Lipinski definition) is 3. The van der Waals surface area contributed by atoms with Gasteiger partial charge >= 0.3 is 0 Å². The van der Waals surface area contributed by atoms with Gasteiger partial charge < -0.3 is 20.4 Å². The zero-order chi connectivity index (χ0) is 16.4. The van der Waals surface area contributed by atoms with E-state index < -0.39 is 0 Å². The lowest BCUT2D eigenvalue weighted by molar-refractivity contribution is 0.0904. The molecule has 3 aromatic rings. The number of aromatic nitrogens is 4. The van der Waals surface area contributed by atoms with Crippen molar-refractivity contribution >= 4 is 28.6 Å². The second-order valence-corrected chi connectivity index (χ2v) is 5.66. The maximum absolute atomic E-state index is 13.0.